The first kappa shape index (κ1) is 19.8. The molecular formula is C24H23ClFNO2. The molecule has 1 aliphatic carbocycles. The molecule has 1 atom stereocenters. The second-order valence-electron chi connectivity index (χ2n) is 8.77. The Morgan fingerprint density at radius 2 is 1.86 bits per heavy atom. The van der Waals surface area contributed by atoms with Crippen LogP contribution in [0.3, 0.4) is 0 Å². The van der Waals surface area contributed by atoms with E-state index in [0.717, 1.165) is 11.3 Å². The molecule has 0 aromatic heterocycles. The maximum absolute atomic E-state index is 13.9. The van der Waals surface area contributed by atoms with E-state index in [1.54, 1.807) is 29.2 Å². The molecule has 4 rings (SSSR count). The van der Waals surface area contributed by atoms with Gasteiger partial charge in [0.2, 0.25) is 5.91 Å². The molecule has 0 fully saturated rings. The molecule has 0 saturated carbocycles. The number of carbonyl (C=O) groups is 2. The number of rotatable bonds is 2. The summed E-state index contributed by atoms with van der Waals surface area (Å²) in [5.41, 5.74) is 3.38. The Kier molecular flexibility index (Phi) is 4.86. The number of hydrogen-bond acceptors (Lipinski definition) is 2. The molecule has 3 nitrogen and oxygen atoms in total. The molecule has 1 heterocycles. The summed E-state index contributed by atoms with van der Waals surface area (Å²) >= 11 is 6.22. The van der Waals surface area contributed by atoms with Gasteiger partial charge < -0.3 is 0 Å². The highest BCUT2D eigenvalue weighted by Crippen LogP contribution is 2.48. The van der Waals surface area contributed by atoms with Gasteiger partial charge in [-0.1, -0.05) is 43.6 Å². The third-order valence-corrected chi connectivity index (χ3v) is 6.04. The van der Waals surface area contributed by atoms with Crippen molar-refractivity contribution in [3.63, 3.8) is 0 Å². The van der Waals surface area contributed by atoms with Gasteiger partial charge in [-0.2, -0.15) is 0 Å². The molecule has 1 unspecified atom stereocenters. The lowest BCUT2D eigenvalue weighted by Crippen LogP contribution is -2.44. The van der Waals surface area contributed by atoms with Crippen LogP contribution in [-0.4, -0.2) is 11.7 Å². The summed E-state index contributed by atoms with van der Waals surface area (Å²) in [6, 6.07) is 11.6. The molecule has 1 amide bonds. The Bertz CT molecular complexity index is 1060. The van der Waals surface area contributed by atoms with E-state index in [4.69, 9.17) is 11.6 Å². The van der Waals surface area contributed by atoms with Gasteiger partial charge >= 0.3 is 0 Å². The van der Waals surface area contributed by atoms with Crippen LogP contribution in [0.4, 0.5) is 10.1 Å². The maximum Gasteiger partial charge on any atom is 0.232 e. The van der Waals surface area contributed by atoms with Gasteiger partial charge in [0, 0.05) is 35.1 Å². The molecule has 2 aromatic rings. The van der Waals surface area contributed by atoms with Crippen LogP contribution >= 0.6 is 11.6 Å². The van der Waals surface area contributed by atoms with E-state index in [9.17, 15) is 14.0 Å². The minimum Gasteiger partial charge on any atom is -0.294 e. The third kappa shape index (κ3) is 3.62. The normalized spacial score (nSPS) is 21.4. The number of ketones is 1. The summed E-state index contributed by atoms with van der Waals surface area (Å²) in [7, 11) is 0. The lowest BCUT2D eigenvalue weighted by atomic mass is 9.69. The molecule has 2 aromatic carbocycles. The number of allylic oxidation sites excluding steroid dienone is 2. The molecule has 150 valence electrons. The number of amides is 1. The van der Waals surface area contributed by atoms with E-state index in [0.29, 0.717) is 34.7 Å². The average molecular weight is 412 g/mol. The van der Waals surface area contributed by atoms with E-state index in [1.807, 2.05) is 26.8 Å². The molecular weight excluding hydrogens is 389 g/mol. The fourth-order valence-corrected chi connectivity index (χ4v) is 4.69. The molecule has 1 aliphatic heterocycles. The summed E-state index contributed by atoms with van der Waals surface area (Å²) in [6.45, 7) is 6.00. The van der Waals surface area contributed by atoms with E-state index in [1.165, 1.54) is 12.1 Å². The van der Waals surface area contributed by atoms with Crippen molar-refractivity contribution in [2.24, 2.45) is 5.41 Å². The van der Waals surface area contributed by atoms with E-state index < -0.39 is 5.92 Å². The van der Waals surface area contributed by atoms with Crippen LogP contribution in [0.5, 0.6) is 0 Å². The number of nitrogens with zero attached hydrogens (tertiary/aromatic N) is 1. The molecule has 0 bridgehead atoms. The highest BCUT2D eigenvalue weighted by Gasteiger charge is 2.44. The van der Waals surface area contributed by atoms with Gasteiger partial charge in [0.05, 0.1) is 5.69 Å². The standard InChI is InChI=1S/C24H23ClFNO2/c1-14-7-8-16(25)10-19(14)27-20-12-24(2,3)13-21(28)23(20)18(11-22(27)29)15-5-4-6-17(26)9-15/h4-10,18H,11-13H2,1-3H3. The quantitative estimate of drug-likeness (QED) is 0.612. The van der Waals surface area contributed by atoms with Gasteiger partial charge in [-0.3, -0.25) is 14.5 Å². The Hall–Kier alpha value is -2.46. The summed E-state index contributed by atoms with van der Waals surface area (Å²) in [6.07, 6.45) is 1.13. The van der Waals surface area contributed by atoms with Crippen LogP contribution < -0.4 is 4.90 Å². The smallest absolute Gasteiger partial charge is 0.232 e. The van der Waals surface area contributed by atoms with E-state index in [-0.39, 0.29) is 29.3 Å². The van der Waals surface area contributed by atoms with E-state index in [2.05, 4.69) is 0 Å². The zero-order valence-electron chi connectivity index (χ0n) is 16.8. The van der Waals surface area contributed by atoms with Crippen LogP contribution in [0.15, 0.2) is 53.7 Å². The topological polar surface area (TPSA) is 37.4 Å². The fourth-order valence-electron chi connectivity index (χ4n) is 4.53. The van der Waals surface area contributed by atoms with Crippen LogP contribution in [0.2, 0.25) is 5.02 Å². The lowest BCUT2D eigenvalue weighted by molar-refractivity contribution is -0.121. The highest BCUT2D eigenvalue weighted by molar-refractivity contribution is 6.31. The number of benzene rings is 2. The predicted octanol–water partition coefficient (Wildman–Crippen LogP) is 5.95. The number of anilines is 1. The third-order valence-electron chi connectivity index (χ3n) is 5.81. The van der Waals surface area contributed by atoms with Gasteiger partial charge in [-0.05, 0) is 54.2 Å². The van der Waals surface area contributed by atoms with Gasteiger partial charge in [0.15, 0.2) is 5.78 Å². The second kappa shape index (κ2) is 7.10. The van der Waals surface area contributed by atoms with Crippen LogP contribution in [0.1, 0.15) is 50.2 Å². The van der Waals surface area contributed by atoms with Crippen LogP contribution in [0.25, 0.3) is 0 Å². The van der Waals surface area contributed by atoms with Crippen molar-refractivity contribution in [1.29, 1.82) is 0 Å². The van der Waals surface area contributed by atoms with Crippen LogP contribution in [-0.2, 0) is 9.59 Å². The van der Waals surface area contributed by atoms with Crippen molar-refractivity contribution in [2.75, 3.05) is 4.90 Å². The summed E-state index contributed by atoms with van der Waals surface area (Å²) in [5.74, 6) is -0.863. The minimum absolute atomic E-state index is 0.0303. The SMILES string of the molecule is Cc1ccc(Cl)cc1N1C(=O)CC(c2cccc(F)c2)C2=C1CC(C)(C)CC2=O. The van der Waals surface area contributed by atoms with Crippen molar-refractivity contribution >= 4 is 29.0 Å². The lowest BCUT2D eigenvalue weighted by Gasteiger charge is -2.43. The zero-order chi connectivity index (χ0) is 20.9. The van der Waals surface area contributed by atoms with Crippen molar-refractivity contribution in [2.45, 2.75) is 46.0 Å². The summed E-state index contributed by atoms with van der Waals surface area (Å²) in [4.78, 5) is 28.2. The molecule has 2 aliphatic rings. The van der Waals surface area contributed by atoms with Gasteiger partial charge in [-0.15, -0.1) is 0 Å². The Morgan fingerprint density at radius 3 is 2.59 bits per heavy atom. The van der Waals surface area contributed by atoms with Crippen molar-refractivity contribution in [3.8, 4) is 0 Å². The number of Topliss-reactive ketones (excluding diaryl/α,β-unsaturated/α-hetero) is 1. The first-order valence-electron chi connectivity index (χ1n) is 9.77. The van der Waals surface area contributed by atoms with Gasteiger partial charge in [0.25, 0.3) is 0 Å². The first-order chi connectivity index (χ1) is 13.7. The number of hydrogen-bond donors (Lipinski definition) is 0. The largest absolute Gasteiger partial charge is 0.294 e. The Balaban J connectivity index is 1.94. The van der Waals surface area contributed by atoms with Gasteiger partial charge in [-0.25, -0.2) is 4.39 Å². The minimum atomic E-state index is -0.424. The Morgan fingerprint density at radius 1 is 1.10 bits per heavy atom. The predicted molar refractivity (Wildman–Crippen MR) is 112 cm³/mol. The first-order valence-corrected chi connectivity index (χ1v) is 10.1. The number of aryl methyl sites for hydroxylation is 1. The van der Waals surface area contributed by atoms with Crippen molar-refractivity contribution in [3.05, 3.63) is 75.7 Å². The van der Waals surface area contributed by atoms with E-state index >= 15 is 0 Å². The van der Waals surface area contributed by atoms with Crippen molar-refractivity contribution < 1.29 is 14.0 Å². The second-order valence-corrected chi connectivity index (χ2v) is 9.21. The molecule has 0 saturated heterocycles. The summed E-state index contributed by atoms with van der Waals surface area (Å²) in [5, 5.41) is 0.536. The molecule has 0 N–H and O–H groups in total. The van der Waals surface area contributed by atoms with Crippen molar-refractivity contribution in [1.82, 2.24) is 0 Å². The Labute approximate surface area is 175 Å². The molecule has 5 heteroatoms. The number of carbonyl (C=O) groups excluding carboxylic acids is 2. The summed E-state index contributed by atoms with van der Waals surface area (Å²) < 4.78 is 13.9. The fraction of sp³-hybridized carbons (Fsp3) is 0.333. The van der Waals surface area contributed by atoms with Crippen LogP contribution in [0, 0.1) is 18.2 Å². The zero-order valence-corrected chi connectivity index (χ0v) is 17.5. The number of halogens is 2. The van der Waals surface area contributed by atoms with Gasteiger partial charge in [0.1, 0.15) is 5.82 Å². The average Bonchev–Trinajstić information content (AvgIpc) is 2.62. The highest BCUT2D eigenvalue weighted by atomic mass is 35.5. The maximum atomic E-state index is 13.9. The monoisotopic (exact) mass is 411 g/mol. The molecule has 0 spiro atoms. The molecule has 29 heavy (non-hydrogen) atoms. The molecule has 0 radical (unpaired) electrons.